The van der Waals surface area contributed by atoms with Crippen molar-refractivity contribution in [2.75, 3.05) is 25.5 Å². The maximum absolute atomic E-state index is 13.3. The van der Waals surface area contributed by atoms with Crippen molar-refractivity contribution in [1.29, 1.82) is 0 Å². The summed E-state index contributed by atoms with van der Waals surface area (Å²) in [5.74, 6) is -1.37. The number of carbonyl (C=O) groups excluding carboxylic acids is 1. The number of imidazole rings is 1. The van der Waals surface area contributed by atoms with Crippen LogP contribution in [0.2, 0.25) is 0 Å². The quantitative estimate of drug-likeness (QED) is 0.0451. The van der Waals surface area contributed by atoms with Gasteiger partial charge in [0.1, 0.15) is 11.6 Å². The van der Waals surface area contributed by atoms with E-state index >= 15 is 0 Å². The van der Waals surface area contributed by atoms with Crippen molar-refractivity contribution < 1.29 is 31.5 Å². The van der Waals surface area contributed by atoms with Gasteiger partial charge in [0.25, 0.3) is 5.91 Å². The monoisotopic (exact) mass is 922 g/mol. The molecule has 1 unspecified atom stereocenters. The summed E-state index contributed by atoms with van der Waals surface area (Å²) in [6.07, 6.45) is 6.15. The molecule has 1 atom stereocenters. The van der Waals surface area contributed by atoms with E-state index in [2.05, 4.69) is 66.1 Å². The van der Waals surface area contributed by atoms with Crippen LogP contribution in [0, 0.1) is 0 Å². The van der Waals surface area contributed by atoms with Gasteiger partial charge in [-0.2, -0.15) is 9.82 Å². The number of fused-ring (bicyclic) bond motifs is 1. The minimum Gasteiger partial charge on any atom is -0.480 e. The number of benzene rings is 6. The van der Waals surface area contributed by atoms with Crippen molar-refractivity contribution >= 4 is 48.8 Å². The molecule has 6 aromatic carbocycles. The number of aromatic nitrogens is 4. The van der Waals surface area contributed by atoms with E-state index in [1.165, 1.54) is 43.4 Å². The maximum Gasteiger partial charge on any atom is 0.323 e. The molecule has 2 aromatic heterocycles. The first kappa shape index (κ1) is 45.1. The fourth-order valence-electron chi connectivity index (χ4n) is 8.00. The Balaban J connectivity index is 0.894. The van der Waals surface area contributed by atoms with Crippen molar-refractivity contribution in [3.05, 3.63) is 199 Å². The number of carboxylic acid groups (broad SMARTS) is 1. The summed E-state index contributed by atoms with van der Waals surface area (Å²) in [6.45, 7) is 0.609. The summed E-state index contributed by atoms with van der Waals surface area (Å²) in [5.41, 5.74) is 4.81. The Labute approximate surface area is 382 Å². The summed E-state index contributed by atoms with van der Waals surface area (Å²) in [5, 5.41) is 21.3. The summed E-state index contributed by atoms with van der Waals surface area (Å²) in [6, 6.07) is 46.2. The molecule has 0 saturated heterocycles. The number of anilines is 1. The third-order valence-electron chi connectivity index (χ3n) is 11.3. The number of aryl methyl sites for hydroxylation is 1. The van der Waals surface area contributed by atoms with Crippen molar-refractivity contribution in [3.63, 3.8) is 0 Å². The number of nitrogens with one attached hydrogen (secondary N) is 4. The van der Waals surface area contributed by atoms with Crippen LogP contribution in [-0.2, 0) is 36.9 Å². The highest BCUT2D eigenvalue weighted by molar-refractivity contribution is 7.89. The van der Waals surface area contributed by atoms with Crippen molar-refractivity contribution in [2.45, 2.75) is 34.3 Å². The number of amides is 1. The number of nitrogens with zero attached hydrogens (tertiary/aromatic N) is 4. The first-order valence-electron chi connectivity index (χ1n) is 21.0. The third kappa shape index (κ3) is 9.36. The molecule has 0 radical (unpaired) electrons. The molecule has 5 N–H and O–H groups in total. The second-order valence-corrected chi connectivity index (χ2v) is 18.9. The van der Waals surface area contributed by atoms with Gasteiger partial charge in [0, 0.05) is 43.0 Å². The van der Waals surface area contributed by atoms with Crippen LogP contribution >= 0.6 is 0 Å². The first-order chi connectivity index (χ1) is 31.9. The lowest BCUT2D eigenvalue weighted by molar-refractivity contribution is -0.138. The summed E-state index contributed by atoms with van der Waals surface area (Å²) in [4.78, 5) is 30.1. The lowest BCUT2D eigenvalue weighted by Gasteiger charge is -2.38. The van der Waals surface area contributed by atoms with E-state index in [1.807, 2.05) is 65.5 Å². The van der Waals surface area contributed by atoms with E-state index in [-0.39, 0.29) is 15.4 Å². The molecule has 8 aromatic rings. The summed E-state index contributed by atoms with van der Waals surface area (Å²) >= 11 is 0. The normalized spacial score (nSPS) is 12.4. The molecule has 0 spiro atoms. The molecule has 0 aliphatic carbocycles. The maximum atomic E-state index is 13.3. The van der Waals surface area contributed by atoms with Gasteiger partial charge >= 0.3 is 5.97 Å². The van der Waals surface area contributed by atoms with Gasteiger partial charge in [0.05, 0.1) is 21.5 Å². The zero-order chi connectivity index (χ0) is 46.3. The van der Waals surface area contributed by atoms with Gasteiger partial charge in [-0.3, -0.25) is 18.8 Å². The second-order valence-electron chi connectivity index (χ2n) is 15.3. The molecule has 8 rings (SSSR count). The third-order valence-corrected chi connectivity index (χ3v) is 14.2. The molecule has 0 aliphatic rings. The number of hydrogen-bond acceptors (Lipinski definition) is 9. The molecular weight excluding hydrogens is 877 g/mol. The molecule has 0 fully saturated rings. The van der Waals surface area contributed by atoms with Gasteiger partial charge in [0.15, 0.2) is 0 Å². The Morgan fingerprint density at radius 3 is 1.79 bits per heavy atom. The molecule has 17 heteroatoms. The van der Waals surface area contributed by atoms with E-state index in [9.17, 15) is 31.5 Å². The SMILES string of the molecule is CNS(=O)(=O)c1ccc(-c2ccc(S(=O)(=O)NC(CNC(=O)c3ccc4c(cnn4CCCNc4nccn4C(c4ccccc4)(c4ccccc4)c4ccccc4)c3)C(=O)O)cc2)cc1. The topological polar surface area (TPSA) is 206 Å². The molecule has 66 heavy (non-hydrogen) atoms. The van der Waals surface area contributed by atoms with Crippen molar-refractivity contribution in [2.24, 2.45) is 0 Å². The van der Waals surface area contributed by atoms with Crippen molar-refractivity contribution in [3.8, 4) is 11.1 Å². The van der Waals surface area contributed by atoms with Gasteiger partial charge in [-0.15, -0.1) is 0 Å². The molecule has 2 heterocycles. The highest BCUT2D eigenvalue weighted by atomic mass is 32.2. The van der Waals surface area contributed by atoms with Crippen LogP contribution in [0.3, 0.4) is 0 Å². The van der Waals surface area contributed by atoms with Gasteiger partial charge in [-0.25, -0.2) is 26.5 Å². The molecule has 0 aliphatic heterocycles. The number of sulfonamides is 2. The zero-order valence-electron chi connectivity index (χ0n) is 35.7. The Morgan fingerprint density at radius 2 is 1.26 bits per heavy atom. The van der Waals surface area contributed by atoms with E-state index in [4.69, 9.17) is 4.98 Å². The molecule has 15 nitrogen and oxygen atoms in total. The van der Waals surface area contributed by atoms with Crippen LogP contribution in [0.1, 0.15) is 33.5 Å². The summed E-state index contributed by atoms with van der Waals surface area (Å²) < 4.78 is 59.0. The predicted octanol–water partition coefficient (Wildman–Crippen LogP) is 6.31. The van der Waals surface area contributed by atoms with E-state index in [0.717, 1.165) is 22.2 Å². The summed E-state index contributed by atoms with van der Waals surface area (Å²) in [7, 11) is -6.64. The van der Waals surface area contributed by atoms with Crippen LogP contribution < -0.4 is 20.1 Å². The van der Waals surface area contributed by atoms with Crippen LogP contribution in [0.25, 0.3) is 22.0 Å². The smallest absolute Gasteiger partial charge is 0.323 e. The van der Waals surface area contributed by atoms with Crippen molar-refractivity contribution in [1.82, 2.24) is 34.1 Å². The van der Waals surface area contributed by atoms with E-state index < -0.39 is 50.0 Å². The highest BCUT2D eigenvalue weighted by Gasteiger charge is 2.39. The molecule has 1 amide bonds. The Bertz CT molecular complexity index is 3090. The van der Waals surface area contributed by atoms with Crippen LogP contribution in [-0.4, -0.2) is 79.3 Å². The van der Waals surface area contributed by atoms with Gasteiger partial charge < -0.3 is 15.7 Å². The van der Waals surface area contributed by atoms with E-state index in [0.29, 0.717) is 42.0 Å². The first-order valence-corrected chi connectivity index (χ1v) is 23.9. The average Bonchev–Trinajstić information content (AvgIpc) is 4.00. The fourth-order valence-corrected chi connectivity index (χ4v) is 9.92. The Morgan fingerprint density at radius 1 is 0.712 bits per heavy atom. The second kappa shape index (κ2) is 19.3. The fraction of sp³-hybridized carbons (Fsp3) is 0.143. The lowest BCUT2D eigenvalue weighted by Crippen LogP contribution is -2.48. The standard InChI is InChI=1S/C49H46N8O7S2/c1-50-65(61,62)42-23-18-35(19-24-42)36-20-25-43(26-21-36)66(63,64)55-44(47(59)60)34-53-46(58)37-22-27-45-38(32-37)33-54-57(45)30-11-28-51-48-52-29-31-56(48)49(39-12-5-2-6-13-39,40-14-7-3-8-15-40)41-16-9-4-10-17-41/h2-10,12-27,29,31-33,44,50,55H,11,28,30,34H2,1H3,(H,51,52)(H,53,58)(H,59,60). The van der Waals surface area contributed by atoms with Gasteiger partial charge in [-0.05, 0) is 83.8 Å². The van der Waals surface area contributed by atoms with Crippen LogP contribution in [0.4, 0.5) is 5.95 Å². The number of rotatable bonds is 19. The molecule has 336 valence electrons. The number of carboxylic acids is 1. The molecule has 0 bridgehead atoms. The van der Waals surface area contributed by atoms with Crippen LogP contribution in [0.5, 0.6) is 0 Å². The Hall–Kier alpha value is -7.44. The predicted molar refractivity (Wildman–Crippen MR) is 252 cm³/mol. The average molecular weight is 923 g/mol. The van der Waals surface area contributed by atoms with Crippen LogP contribution in [0.15, 0.2) is 186 Å². The minimum absolute atomic E-state index is 0.0761. The minimum atomic E-state index is -4.33. The number of carbonyl (C=O) groups is 2. The zero-order valence-corrected chi connectivity index (χ0v) is 37.3. The van der Waals surface area contributed by atoms with Gasteiger partial charge in [-0.1, -0.05) is 115 Å². The Kier molecular flexibility index (Phi) is 13.2. The van der Waals surface area contributed by atoms with E-state index in [1.54, 1.807) is 42.7 Å². The lowest BCUT2D eigenvalue weighted by atomic mass is 9.76. The number of hydrogen-bond donors (Lipinski definition) is 5. The highest BCUT2D eigenvalue weighted by Crippen LogP contribution is 2.42. The van der Waals surface area contributed by atoms with Gasteiger partial charge in [0.2, 0.25) is 26.0 Å². The molecule has 0 saturated carbocycles. The number of aliphatic carboxylic acids is 1. The largest absolute Gasteiger partial charge is 0.480 e. The molecular formula is C49H46N8O7S2.